The Kier molecular flexibility index (Phi) is 5.79. The molecule has 7 nitrogen and oxygen atoms in total. The SMILES string of the molecule is COc1c(I)cc(I)cc1/C=C1\N=C(c2ccc(C)c([N+](=O)[O-])c2)OC1=O. The van der Waals surface area contributed by atoms with Gasteiger partial charge in [0, 0.05) is 26.3 Å². The summed E-state index contributed by atoms with van der Waals surface area (Å²) in [5.74, 6) is 0.0451. The van der Waals surface area contributed by atoms with Crippen LogP contribution in [0.3, 0.4) is 0 Å². The number of aryl methyl sites for hydroxylation is 1. The molecule has 0 radical (unpaired) electrons. The van der Waals surface area contributed by atoms with E-state index in [0.29, 0.717) is 22.4 Å². The van der Waals surface area contributed by atoms with E-state index in [9.17, 15) is 14.9 Å². The van der Waals surface area contributed by atoms with Crippen LogP contribution >= 0.6 is 45.2 Å². The Bertz CT molecular complexity index is 1030. The van der Waals surface area contributed by atoms with E-state index in [1.165, 1.54) is 6.07 Å². The molecule has 9 heteroatoms. The summed E-state index contributed by atoms with van der Waals surface area (Å²) in [7, 11) is 1.56. The van der Waals surface area contributed by atoms with Crippen molar-refractivity contribution >= 4 is 68.8 Å². The summed E-state index contributed by atoms with van der Waals surface area (Å²) in [6.45, 7) is 1.64. The summed E-state index contributed by atoms with van der Waals surface area (Å²) in [5, 5.41) is 11.1. The van der Waals surface area contributed by atoms with Gasteiger partial charge in [0.1, 0.15) is 5.75 Å². The van der Waals surface area contributed by atoms with Gasteiger partial charge in [-0.25, -0.2) is 9.79 Å². The summed E-state index contributed by atoms with van der Waals surface area (Å²) in [5.41, 5.74) is 1.62. The van der Waals surface area contributed by atoms with Gasteiger partial charge in [-0.3, -0.25) is 10.1 Å². The molecule has 0 aromatic heterocycles. The van der Waals surface area contributed by atoms with Crippen LogP contribution in [-0.2, 0) is 9.53 Å². The van der Waals surface area contributed by atoms with E-state index in [4.69, 9.17) is 9.47 Å². The van der Waals surface area contributed by atoms with Crippen molar-refractivity contribution in [3.8, 4) is 5.75 Å². The number of rotatable bonds is 4. The lowest BCUT2D eigenvalue weighted by Crippen LogP contribution is -2.06. The third-order valence-electron chi connectivity index (χ3n) is 3.81. The van der Waals surface area contributed by atoms with Gasteiger partial charge in [0.05, 0.1) is 15.6 Å². The van der Waals surface area contributed by atoms with E-state index in [1.807, 2.05) is 12.1 Å². The zero-order valence-corrected chi connectivity index (χ0v) is 18.5. The Hall–Kier alpha value is -2.02. The second-order valence-corrected chi connectivity index (χ2v) is 8.01. The molecule has 0 fully saturated rings. The average molecular weight is 590 g/mol. The van der Waals surface area contributed by atoms with Crippen LogP contribution in [0.15, 0.2) is 41.0 Å². The molecule has 0 saturated carbocycles. The Labute approximate surface area is 181 Å². The number of aliphatic imine (C=N–C) groups is 1. The summed E-state index contributed by atoms with van der Waals surface area (Å²) in [4.78, 5) is 27.1. The number of carbonyl (C=O) groups excluding carboxylic acids is 1. The minimum Gasteiger partial charge on any atom is -0.495 e. The number of nitro groups is 1. The molecule has 1 aliphatic rings. The first-order valence-electron chi connectivity index (χ1n) is 7.61. The third-order valence-corrected chi connectivity index (χ3v) is 5.23. The molecule has 138 valence electrons. The van der Waals surface area contributed by atoms with Gasteiger partial charge in [0.15, 0.2) is 5.70 Å². The van der Waals surface area contributed by atoms with Crippen LogP contribution in [0.25, 0.3) is 6.08 Å². The number of halogens is 2. The lowest BCUT2D eigenvalue weighted by molar-refractivity contribution is -0.385. The fourth-order valence-corrected chi connectivity index (χ4v) is 4.63. The molecular formula is C18H12I2N2O5. The van der Waals surface area contributed by atoms with Crippen LogP contribution < -0.4 is 4.74 Å². The van der Waals surface area contributed by atoms with E-state index >= 15 is 0 Å². The molecule has 2 aromatic carbocycles. The molecule has 0 atom stereocenters. The van der Waals surface area contributed by atoms with Crippen molar-refractivity contribution in [1.82, 2.24) is 0 Å². The van der Waals surface area contributed by atoms with Gasteiger partial charge < -0.3 is 9.47 Å². The molecule has 27 heavy (non-hydrogen) atoms. The number of ether oxygens (including phenoxy) is 2. The van der Waals surface area contributed by atoms with Gasteiger partial charge >= 0.3 is 5.97 Å². The number of methoxy groups -OCH3 is 1. The summed E-state index contributed by atoms with van der Waals surface area (Å²) >= 11 is 4.33. The van der Waals surface area contributed by atoms with Crippen molar-refractivity contribution in [3.05, 3.63) is 70.0 Å². The van der Waals surface area contributed by atoms with Gasteiger partial charge in [0.25, 0.3) is 5.69 Å². The molecule has 0 saturated heterocycles. The van der Waals surface area contributed by atoms with Gasteiger partial charge in [-0.1, -0.05) is 6.07 Å². The fraction of sp³-hybridized carbons (Fsp3) is 0.111. The third kappa shape index (κ3) is 4.13. The molecule has 0 unspecified atom stereocenters. The second kappa shape index (κ2) is 7.92. The molecule has 3 rings (SSSR count). The standard InChI is InChI=1S/C18H12I2N2O5/c1-9-3-4-10(7-15(9)22(24)25)17-21-14(18(23)27-17)6-11-5-12(19)8-13(20)16(11)26-2/h3-8H,1-2H3/b14-6-. The first-order valence-corrected chi connectivity index (χ1v) is 9.77. The van der Waals surface area contributed by atoms with E-state index in [2.05, 4.69) is 50.2 Å². The first kappa shape index (κ1) is 19.7. The molecule has 0 aliphatic carbocycles. The number of nitro benzene ring substituents is 1. The Balaban J connectivity index is 2.04. The molecule has 1 heterocycles. The Morgan fingerprint density at radius 3 is 2.67 bits per heavy atom. The van der Waals surface area contributed by atoms with Crippen LogP contribution in [0.2, 0.25) is 0 Å². The lowest BCUT2D eigenvalue weighted by atomic mass is 10.1. The molecule has 0 N–H and O–H groups in total. The number of benzene rings is 2. The van der Waals surface area contributed by atoms with Crippen molar-refractivity contribution < 1.29 is 19.2 Å². The minimum atomic E-state index is -0.621. The van der Waals surface area contributed by atoms with Crippen LogP contribution in [-0.4, -0.2) is 23.9 Å². The highest BCUT2D eigenvalue weighted by Crippen LogP contribution is 2.31. The van der Waals surface area contributed by atoms with Crippen molar-refractivity contribution in [1.29, 1.82) is 0 Å². The molecule has 0 amide bonds. The van der Waals surface area contributed by atoms with Crippen molar-refractivity contribution in [3.63, 3.8) is 0 Å². The number of esters is 1. The first-order chi connectivity index (χ1) is 12.8. The van der Waals surface area contributed by atoms with Gasteiger partial charge in [-0.05, 0) is 76.4 Å². The van der Waals surface area contributed by atoms with Crippen molar-refractivity contribution in [2.45, 2.75) is 6.92 Å². The lowest BCUT2D eigenvalue weighted by Gasteiger charge is -2.08. The Morgan fingerprint density at radius 1 is 1.26 bits per heavy atom. The summed E-state index contributed by atoms with van der Waals surface area (Å²) in [6, 6.07) is 8.39. The fourth-order valence-electron chi connectivity index (χ4n) is 2.52. The van der Waals surface area contributed by atoms with Crippen LogP contribution in [0.1, 0.15) is 16.7 Å². The summed E-state index contributed by atoms with van der Waals surface area (Å²) in [6.07, 6.45) is 1.58. The van der Waals surface area contributed by atoms with Gasteiger partial charge in [-0.15, -0.1) is 0 Å². The number of nitrogens with zero attached hydrogens (tertiary/aromatic N) is 2. The highest BCUT2D eigenvalue weighted by Gasteiger charge is 2.26. The zero-order chi connectivity index (χ0) is 19.7. The maximum atomic E-state index is 12.2. The van der Waals surface area contributed by atoms with E-state index < -0.39 is 10.9 Å². The highest BCUT2D eigenvalue weighted by molar-refractivity contribution is 14.1. The van der Waals surface area contributed by atoms with E-state index in [1.54, 1.807) is 32.2 Å². The summed E-state index contributed by atoms with van der Waals surface area (Å²) < 4.78 is 12.5. The van der Waals surface area contributed by atoms with Crippen LogP contribution in [0, 0.1) is 24.2 Å². The number of hydrogen-bond acceptors (Lipinski definition) is 6. The molecule has 2 aromatic rings. The molecular weight excluding hydrogens is 578 g/mol. The van der Waals surface area contributed by atoms with Crippen molar-refractivity contribution in [2.24, 2.45) is 4.99 Å². The smallest absolute Gasteiger partial charge is 0.363 e. The van der Waals surface area contributed by atoms with Crippen LogP contribution in [0.5, 0.6) is 5.75 Å². The maximum Gasteiger partial charge on any atom is 0.363 e. The topological polar surface area (TPSA) is 91.0 Å². The normalized spacial score (nSPS) is 14.9. The minimum absolute atomic E-state index is 0.0358. The Morgan fingerprint density at radius 2 is 2.00 bits per heavy atom. The second-order valence-electron chi connectivity index (χ2n) is 5.60. The number of hydrogen-bond donors (Lipinski definition) is 0. The van der Waals surface area contributed by atoms with Gasteiger partial charge in [-0.2, -0.15) is 0 Å². The predicted octanol–water partition coefficient (Wildman–Crippen LogP) is 4.47. The van der Waals surface area contributed by atoms with Crippen LogP contribution in [0.4, 0.5) is 5.69 Å². The largest absolute Gasteiger partial charge is 0.495 e. The average Bonchev–Trinajstić information content (AvgIpc) is 2.95. The molecule has 0 bridgehead atoms. The number of carbonyl (C=O) groups is 1. The van der Waals surface area contributed by atoms with E-state index in [0.717, 1.165) is 7.14 Å². The van der Waals surface area contributed by atoms with Gasteiger partial charge in [0.2, 0.25) is 5.90 Å². The molecule has 1 aliphatic heterocycles. The van der Waals surface area contributed by atoms with E-state index in [-0.39, 0.29) is 17.3 Å². The molecule has 0 spiro atoms. The zero-order valence-electron chi connectivity index (χ0n) is 14.2. The maximum absolute atomic E-state index is 12.2. The predicted molar refractivity (Wildman–Crippen MR) is 117 cm³/mol. The quantitative estimate of drug-likeness (QED) is 0.173. The van der Waals surface area contributed by atoms with Crippen molar-refractivity contribution in [2.75, 3.05) is 7.11 Å². The number of cyclic esters (lactones) is 1. The highest BCUT2D eigenvalue weighted by atomic mass is 127. The monoisotopic (exact) mass is 590 g/mol.